The molecule has 0 atom stereocenters. The standard InChI is InChI=1S/C27H22N4O3.ClH/c32-24(15-11-19-6-3-4-16-28-19)29-20-9-12-21(13-10-20)31-23-14-8-18-5-1-2-7-22(18)27(23)30-25(33)17-26(31)34;/h1-10,12-14,16H,11,15,17H2,(H,29,32)(H,30,33);1H. The van der Waals surface area contributed by atoms with Crippen molar-refractivity contribution in [1.29, 1.82) is 0 Å². The number of benzene rings is 3. The van der Waals surface area contributed by atoms with Crippen LogP contribution in [0.1, 0.15) is 18.5 Å². The van der Waals surface area contributed by atoms with Crippen molar-refractivity contribution in [2.45, 2.75) is 19.3 Å². The fraction of sp³-hybridized carbons (Fsp3) is 0.111. The molecule has 3 amide bonds. The van der Waals surface area contributed by atoms with Crippen molar-refractivity contribution >= 4 is 63.7 Å². The molecule has 35 heavy (non-hydrogen) atoms. The Labute approximate surface area is 208 Å². The molecule has 176 valence electrons. The smallest absolute Gasteiger partial charge is 0.241 e. The fourth-order valence-corrected chi connectivity index (χ4v) is 4.10. The van der Waals surface area contributed by atoms with Crippen molar-refractivity contribution in [3.63, 3.8) is 0 Å². The van der Waals surface area contributed by atoms with Gasteiger partial charge < -0.3 is 10.6 Å². The molecule has 1 aromatic heterocycles. The first-order chi connectivity index (χ1) is 16.6. The van der Waals surface area contributed by atoms with Crippen molar-refractivity contribution in [2.75, 3.05) is 15.5 Å². The molecule has 0 radical (unpaired) electrons. The minimum Gasteiger partial charge on any atom is -0.326 e. The van der Waals surface area contributed by atoms with Gasteiger partial charge in [-0.05, 0) is 54.3 Å². The molecule has 8 heteroatoms. The number of pyridine rings is 1. The zero-order valence-electron chi connectivity index (χ0n) is 18.7. The Hall–Kier alpha value is -4.23. The maximum Gasteiger partial charge on any atom is 0.241 e. The summed E-state index contributed by atoms with van der Waals surface area (Å²) >= 11 is 0. The number of carbonyl (C=O) groups excluding carboxylic acids is 3. The number of hydrogen-bond donors (Lipinski definition) is 2. The third-order valence-electron chi connectivity index (χ3n) is 5.72. The summed E-state index contributed by atoms with van der Waals surface area (Å²) in [6.45, 7) is 0. The summed E-state index contributed by atoms with van der Waals surface area (Å²) in [5.41, 5.74) is 3.33. The Balaban J connectivity index is 0.00000289. The first-order valence-corrected chi connectivity index (χ1v) is 11.0. The molecule has 5 rings (SSSR count). The molecular weight excluding hydrogens is 464 g/mol. The number of anilines is 4. The molecule has 2 heterocycles. The van der Waals surface area contributed by atoms with Crippen LogP contribution in [0.2, 0.25) is 0 Å². The van der Waals surface area contributed by atoms with E-state index in [1.165, 1.54) is 0 Å². The first-order valence-electron chi connectivity index (χ1n) is 11.0. The second kappa shape index (κ2) is 10.4. The molecule has 0 fully saturated rings. The highest BCUT2D eigenvalue weighted by atomic mass is 35.5. The van der Waals surface area contributed by atoms with E-state index in [9.17, 15) is 14.4 Å². The minimum absolute atomic E-state index is 0. The maximum atomic E-state index is 13.0. The van der Waals surface area contributed by atoms with Crippen LogP contribution >= 0.6 is 12.4 Å². The molecule has 7 nitrogen and oxygen atoms in total. The summed E-state index contributed by atoms with van der Waals surface area (Å²) in [6.07, 6.45) is 2.32. The van der Waals surface area contributed by atoms with E-state index in [-0.39, 0.29) is 36.5 Å². The molecule has 1 aliphatic heterocycles. The Kier molecular flexibility index (Phi) is 7.08. The van der Waals surface area contributed by atoms with E-state index >= 15 is 0 Å². The van der Waals surface area contributed by atoms with E-state index in [1.807, 2.05) is 54.6 Å². The van der Waals surface area contributed by atoms with Gasteiger partial charge in [0.25, 0.3) is 0 Å². The van der Waals surface area contributed by atoms with Crippen molar-refractivity contribution in [3.8, 4) is 0 Å². The number of hydrogen-bond acceptors (Lipinski definition) is 4. The van der Waals surface area contributed by atoms with Crippen molar-refractivity contribution in [3.05, 3.63) is 90.8 Å². The SMILES string of the molecule is Cl.O=C(CCc1ccccn1)Nc1ccc(N2C(=O)CC(=O)Nc3c2ccc2ccccc32)cc1. The number of nitrogens with zero attached hydrogens (tertiary/aromatic N) is 2. The molecule has 0 saturated heterocycles. The third-order valence-corrected chi connectivity index (χ3v) is 5.72. The van der Waals surface area contributed by atoms with Gasteiger partial charge in [0.15, 0.2) is 0 Å². The Bertz CT molecular complexity index is 1390. The second-order valence-corrected chi connectivity index (χ2v) is 8.05. The monoisotopic (exact) mass is 486 g/mol. The average Bonchev–Trinajstić information content (AvgIpc) is 2.98. The van der Waals surface area contributed by atoms with Crippen LogP contribution in [-0.4, -0.2) is 22.7 Å². The highest BCUT2D eigenvalue weighted by Crippen LogP contribution is 2.40. The summed E-state index contributed by atoms with van der Waals surface area (Å²) in [5.74, 6) is -0.781. The van der Waals surface area contributed by atoms with Gasteiger partial charge in [0.1, 0.15) is 6.42 Å². The van der Waals surface area contributed by atoms with Crippen molar-refractivity contribution in [2.24, 2.45) is 0 Å². The Morgan fingerprint density at radius 2 is 1.71 bits per heavy atom. The third kappa shape index (κ3) is 5.15. The van der Waals surface area contributed by atoms with Crippen LogP contribution in [0, 0.1) is 0 Å². The number of fused-ring (bicyclic) bond motifs is 3. The lowest BCUT2D eigenvalue weighted by Crippen LogP contribution is -2.26. The van der Waals surface area contributed by atoms with Gasteiger partial charge in [-0.25, -0.2) is 0 Å². The lowest BCUT2D eigenvalue weighted by Gasteiger charge is -2.23. The van der Waals surface area contributed by atoms with Crippen molar-refractivity contribution in [1.82, 2.24) is 4.98 Å². The van der Waals surface area contributed by atoms with Crippen LogP contribution in [0.15, 0.2) is 85.1 Å². The number of halogens is 1. The lowest BCUT2D eigenvalue weighted by atomic mass is 10.1. The maximum absolute atomic E-state index is 13.0. The van der Waals surface area contributed by atoms with E-state index in [2.05, 4.69) is 15.6 Å². The highest BCUT2D eigenvalue weighted by molar-refractivity contribution is 6.21. The van der Waals surface area contributed by atoms with Gasteiger partial charge in [-0.2, -0.15) is 0 Å². The van der Waals surface area contributed by atoms with Crippen LogP contribution in [0.5, 0.6) is 0 Å². The van der Waals surface area contributed by atoms with E-state index in [0.29, 0.717) is 35.6 Å². The number of amides is 3. The van der Waals surface area contributed by atoms with Gasteiger partial charge >= 0.3 is 0 Å². The van der Waals surface area contributed by atoms with Gasteiger partial charge in [0.05, 0.1) is 11.4 Å². The van der Waals surface area contributed by atoms with Gasteiger partial charge in [-0.15, -0.1) is 12.4 Å². The normalized spacial score (nSPS) is 12.9. The number of aromatic nitrogens is 1. The number of rotatable bonds is 5. The van der Waals surface area contributed by atoms with Gasteiger partial charge in [0, 0.05) is 35.1 Å². The van der Waals surface area contributed by atoms with Crippen LogP contribution in [0.3, 0.4) is 0 Å². The molecule has 0 aliphatic carbocycles. The zero-order valence-corrected chi connectivity index (χ0v) is 19.5. The molecule has 4 aromatic rings. The van der Waals surface area contributed by atoms with E-state index < -0.39 is 0 Å². The van der Waals surface area contributed by atoms with E-state index in [4.69, 9.17) is 0 Å². The summed E-state index contributed by atoms with van der Waals surface area (Å²) in [4.78, 5) is 43.5. The molecule has 2 N–H and O–H groups in total. The zero-order chi connectivity index (χ0) is 23.5. The molecule has 0 unspecified atom stereocenters. The van der Waals surface area contributed by atoms with Crippen LogP contribution in [0.25, 0.3) is 10.8 Å². The largest absolute Gasteiger partial charge is 0.326 e. The van der Waals surface area contributed by atoms with Gasteiger partial charge in [-0.3, -0.25) is 24.3 Å². The van der Waals surface area contributed by atoms with E-state index in [0.717, 1.165) is 16.5 Å². The van der Waals surface area contributed by atoms with E-state index in [1.54, 1.807) is 35.4 Å². The molecule has 1 aliphatic rings. The summed E-state index contributed by atoms with van der Waals surface area (Å²) in [7, 11) is 0. The number of aryl methyl sites for hydroxylation is 1. The fourth-order valence-electron chi connectivity index (χ4n) is 4.10. The van der Waals surface area contributed by atoms with Gasteiger partial charge in [0.2, 0.25) is 17.7 Å². The summed E-state index contributed by atoms with van der Waals surface area (Å²) < 4.78 is 0. The quantitative estimate of drug-likeness (QED) is 0.378. The topological polar surface area (TPSA) is 91.4 Å². The predicted octanol–water partition coefficient (Wildman–Crippen LogP) is 5.23. The van der Waals surface area contributed by atoms with Gasteiger partial charge in [-0.1, -0.05) is 36.4 Å². The minimum atomic E-state index is -0.345. The molecule has 0 saturated carbocycles. The highest BCUT2D eigenvalue weighted by Gasteiger charge is 2.28. The Morgan fingerprint density at radius 3 is 2.49 bits per heavy atom. The number of nitrogens with one attached hydrogen (secondary N) is 2. The van der Waals surface area contributed by atoms with Crippen LogP contribution in [0.4, 0.5) is 22.7 Å². The van der Waals surface area contributed by atoms with Crippen molar-refractivity contribution < 1.29 is 14.4 Å². The molecular formula is C27H23ClN4O3. The number of carbonyl (C=O) groups is 3. The summed E-state index contributed by atoms with van der Waals surface area (Å²) in [5, 5.41) is 7.61. The second-order valence-electron chi connectivity index (χ2n) is 8.05. The molecule has 3 aromatic carbocycles. The van der Waals surface area contributed by atoms with Crippen LogP contribution < -0.4 is 15.5 Å². The lowest BCUT2D eigenvalue weighted by molar-refractivity contribution is -0.124. The average molecular weight is 487 g/mol. The first kappa shape index (κ1) is 23.9. The molecule has 0 spiro atoms. The molecule has 0 bridgehead atoms. The predicted molar refractivity (Wildman–Crippen MR) is 139 cm³/mol. The summed E-state index contributed by atoms with van der Waals surface area (Å²) in [6, 6.07) is 24.1. The van der Waals surface area contributed by atoms with Crippen LogP contribution in [-0.2, 0) is 20.8 Å². The Morgan fingerprint density at radius 1 is 0.943 bits per heavy atom.